The molecule has 1 unspecified atom stereocenters. The topological polar surface area (TPSA) is 72.5 Å². The highest BCUT2D eigenvalue weighted by Gasteiger charge is 2.25. The average Bonchev–Trinajstić information content (AvgIpc) is 2.56. The minimum absolute atomic E-state index is 0.101. The van der Waals surface area contributed by atoms with Crippen LogP contribution < -0.4 is 10.1 Å². The van der Waals surface area contributed by atoms with Crippen molar-refractivity contribution in [1.82, 2.24) is 5.32 Å². The lowest BCUT2D eigenvalue weighted by Crippen LogP contribution is -2.36. The zero-order valence-electron chi connectivity index (χ0n) is 11.1. The molecule has 1 aromatic rings. The number of ether oxygens (including phenoxy) is 1. The third-order valence-corrected chi connectivity index (χ3v) is 4.46. The number of halogens is 1. The molecule has 1 fully saturated rings. The van der Waals surface area contributed by atoms with E-state index in [0.717, 1.165) is 18.4 Å². The normalized spacial score (nSPS) is 20.1. The van der Waals surface area contributed by atoms with Gasteiger partial charge in [-0.3, -0.25) is 4.79 Å². The van der Waals surface area contributed by atoms with Crippen molar-refractivity contribution in [1.29, 1.82) is 0 Å². The largest absolute Gasteiger partial charge is 0.479 e. The molecule has 1 N–H and O–H groups in total. The predicted octanol–water partition coefficient (Wildman–Crippen LogP) is 1.97. The molecule has 0 saturated carbocycles. The third kappa shape index (κ3) is 3.64. The van der Waals surface area contributed by atoms with Crippen molar-refractivity contribution in [3.63, 3.8) is 0 Å². The van der Waals surface area contributed by atoms with Gasteiger partial charge in [0.05, 0.1) is 0 Å². The molecule has 0 radical (unpaired) electrons. The van der Waals surface area contributed by atoms with E-state index in [9.17, 15) is 13.2 Å². The molecule has 1 heterocycles. The Morgan fingerprint density at radius 1 is 1.35 bits per heavy atom. The first-order valence-corrected chi connectivity index (χ1v) is 8.68. The van der Waals surface area contributed by atoms with Gasteiger partial charge in [0, 0.05) is 17.2 Å². The summed E-state index contributed by atoms with van der Waals surface area (Å²) in [6.07, 6.45) is 1.61. The number of hydrogen-bond donors (Lipinski definition) is 1. The molecule has 0 aliphatic carbocycles. The fourth-order valence-corrected chi connectivity index (χ4v) is 3.13. The molecule has 2 rings (SSSR count). The first-order valence-electron chi connectivity index (χ1n) is 6.37. The Balaban J connectivity index is 2.31. The molecule has 7 heteroatoms. The molecule has 0 bridgehead atoms. The number of carbonyl (C=O) groups is 1. The highest BCUT2D eigenvalue weighted by molar-refractivity contribution is 8.13. The van der Waals surface area contributed by atoms with Gasteiger partial charge in [-0.1, -0.05) is 6.07 Å². The number of aryl methyl sites for hydroxylation is 1. The van der Waals surface area contributed by atoms with E-state index in [0.29, 0.717) is 13.0 Å². The van der Waals surface area contributed by atoms with E-state index in [4.69, 9.17) is 15.4 Å². The third-order valence-electron chi connectivity index (χ3n) is 3.12. The standard InChI is InChI=1S/C13H16ClNO4S/c1-9-5-6-10(12(8-9)20(14,17)18)19-11-4-2-3-7-15-13(11)16/h5-6,8,11H,2-4,7H2,1H3,(H,15,16). The second-order valence-corrected chi connectivity index (χ2v) is 7.32. The van der Waals surface area contributed by atoms with E-state index in [1.807, 2.05) is 0 Å². The Bertz CT molecular complexity index is 615. The van der Waals surface area contributed by atoms with E-state index < -0.39 is 15.2 Å². The van der Waals surface area contributed by atoms with Crippen LogP contribution >= 0.6 is 10.7 Å². The number of nitrogens with one attached hydrogen (secondary N) is 1. The SMILES string of the molecule is Cc1ccc(OC2CCCCNC2=O)c(S(=O)(=O)Cl)c1. The van der Waals surface area contributed by atoms with Crippen molar-refractivity contribution < 1.29 is 17.9 Å². The quantitative estimate of drug-likeness (QED) is 0.865. The van der Waals surface area contributed by atoms with E-state index in [1.165, 1.54) is 12.1 Å². The highest BCUT2D eigenvalue weighted by atomic mass is 35.7. The summed E-state index contributed by atoms with van der Waals surface area (Å²) in [5.41, 5.74) is 0.752. The van der Waals surface area contributed by atoms with Crippen molar-refractivity contribution in [2.45, 2.75) is 37.2 Å². The molecule has 110 valence electrons. The Morgan fingerprint density at radius 3 is 2.80 bits per heavy atom. The maximum atomic E-state index is 11.8. The summed E-state index contributed by atoms with van der Waals surface area (Å²) < 4.78 is 28.7. The van der Waals surface area contributed by atoms with Gasteiger partial charge >= 0.3 is 0 Å². The van der Waals surface area contributed by atoms with Crippen LogP contribution in [-0.2, 0) is 13.8 Å². The van der Waals surface area contributed by atoms with Crippen LogP contribution in [0.15, 0.2) is 23.1 Å². The molecule has 1 atom stereocenters. The smallest absolute Gasteiger partial charge is 0.264 e. The van der Waals surface area contributed by atoms with Crippen LogP contribution in [0.2, 0.25) is 0 Å². The fourth-order valence-electron chi connectivity index (χ4n) is 2.08. The molecule has 1 amide bonds. The van der Waals surface area contributed by atoms with Crippen LogP contribution in [-0.4, -0.2) is 27.0 Å². The summed E-state index contributed by atoms with van der Waals surface area (Å²) in [5, 5.41) is 2.74. The summed E-state index contributed by atoms with van der Waals surface area (Å²) in [6, 6.07) is 4.69. The molecular weight excluding hydrogens is 302 g/mol. The number of amides is 1. The summed E-state index contributed by atoms with van der Waals surface area (Å²) in [5.74, 6) is -0.103. The van der Waals surface area contributed by atoms with Gasteiger partial charge in [-0.2, -0.15) is 0 Å². The van der Waals surface area contributed by atoms with Gasteiger partial charge in [-0.05, 0) is 43.9 Å². The fraction of sp³-hybridized carbons (Fsp3) is 0.462. The van der Waals surface area contributed by atoms with Crippen LogP contribution in [0.4, 0.5) is 0 Å². The first kappa shape index (κ1) is 15.1. The molecule has 1 aliphatic rings. The number of carbonyl (C=O) groups excluding carboxylic acids is 1. The lowest BCUT2D eigenvalue weighted by molar-refractivity contribution is -0.127. The van der Waals surface area contributed by atoms with Gasteiger partial charge in [0.2, 0.25) is 0 Å². The molecular formula is C13H16ClNO4S. The Kier molecular flexibility index (Phi) is 4.55. The maximum Gasteiger partial charge on any atom is 0.264 e. The lowest BCUT2D eigenvalue weighted by Gasteiger charge is -2.17. The van der Waals surface area contributed by atoms with Gasteiger partial charge in [0.25, 0.3) is 15.0 Å². The number of hydrogen-bond acceptors (Lipinski definition) is 4. The van der Waals surface area contributed by atoms with E-state index in [-0.39, 0.29) is 16.6 Å². The summed E-state index contributed by atoms with van der Waals surface area (Å²) in [6.45, 7) is 2.38. The lowest BCUT2D eigenvalue weighted by atomic mass is 10.2. The average molecular weight is 318 g/mol. The van der Waals surface area contributed by atoms with Gasteiger partial charge < -0.3 is 10.1 Å². The maximum absolute atomic E-state index is 11.8. The number of benzene rings is 1. The van der Waals surface area contributed by atoms with Gasteiger partial charge in [0.1, 0.15) is 10.6 Å². The summed E-state index contributed by atoms with van der Waals surface area (Å²) >= 11 is 0. The second kappa shape index (κ2) is 6.01. The highest BCUT2D eigenvalue weighted by Crippen LogP contribution is 2.29. The summed E-state index contributed by atoms with van der Waals surface area (Å²) in [7, 11) is 1.50. The molecule has 0 aromatic heterocycles. The van der Waals surface area contributed by atoms with Crippen molar-refractivity contribution in [2.75, 3.05) is 6.54 Å². The zero-order valence-corrected chi connectivity index (χ0v) is 12.6. The van der Waals surface area contributed by atoms with E-state index in [1.54, 1.807) is 13.0 Å². The van der Waals surface area contributed by atoms with Crippen molar-refractivity contribution in [3.05, 3.63) is 23.8 Å². The molecule has 0 spiro atoms. The molecule has 1 aliphatic heterocycles. The van der Waals surface area contributed by atoms with Crippen LogP contribution in [0.5, 0.6) is 5.75 Å². The molecule has 5 nitrogen and oxygen atoms in total. The second-order valence-electron chi connectivity index (χ2n) is 4.78. The molecule has 1 aromatic carbocycles. The number of rotatable bonds is 3. The Hall–Kier alpha value is -1.27. The van der Waals surface area contributed by atoms with Crippen molar-refractivity contribution in [2.24, 2.45) is 0 Å². The van der Waals surface area contributed by atoms with E-state index >= 15 is 0 Å². The first-order chi connectivity index (χ1) is 9.38. The summed E-state index contributed by atoms with van der Waals surface area (Å²) in [4.78, 5) is 11.7. The monoisotopic (exact) mass is 317 g/mol. The minimum Gasteiger partial charge on any atom is -0.479 e. The van der Waals surface area contributed by atoms with E-state index in [2.05, 4.69) is 5.32 Å². The van der Waals surface area contributed by atoms with Crippen LogP contribution in [0.1, 0.15) is 24.8 Å². The molecule has 20 heavy (non-hydrogen) atoms. The Morgan fingerprint density at radius 2 is 2.10 bits per heavy atom. The van der Waals surface area contributed by atoms with Gasteiger partial charge in [-0.15, -0.1) is 0 Å². The van der Waals surface area contributed by atoms with Gasteiger partial charge in [0.15, 0.2) is 6.10 Å². The van der Waals surface area contributed by atoms with Crippen molar-refractivity contribution in [3.8, 4) is 5.75 Å². The Labute approximate surface area is 122 Å². The zero-order chi connectivity index (χ0) is 14.8. The van der Waals surface area contributed by atoms with Crippen LogP contribution in [0, 0.1) is 6.92 Å². The molecule has 1 saturated heterocycles. The van der Waals surface area contributed by atoms with Gasteiger partial charge in [-0.25, -0.2) is 8.42 Å². The van der Waals surface area contributed by atoms with Crippen molar-refractivity contribution >= 4 is 25.6 Å². The van der Waals surface area contributed by atoms with Crippen LogP contribution in [0.3, 0.4) is 0 Å². The van der Waals surface area contributed by atoms with Crippen LogP contribution in [0.25, 0.3) is 0 Å². The predicted molar refractivity (Wildman–Crippen MR) is 75.5 cm³/mol. The minimum atomic E-state index is -3.92.